The van der Waals surface area contributed by atoms with Crippen molar-refractivity contribution in [3.8, 4) is 11.5 Å². The van der Waals surface area contributed by atoms with Gasteiger partial charge in [-0.3, -0.25) is 4.79 Å². The van der Waals surface area contributed by atoms with Gasteiger partial charge in [0.1, 0.15) is 18.1 Å². The molecule has 1 atom stereocenters. The summed E-state index contributed by atoms with van der Waals surface area (Å²) in [5.41, 5.74) is 1.32. The second-order valence-corrected chi connectivity index (χ2v) is 7.38. The molecular weight excluding hydrogens is 346 g/mol. The van der Waals surface area contributed by atoms with Crippen molar-refractivity contribution in [2.24, 2.45) is 0 Å². The molecule has 1 N–H and O–H groups in total. The summed E-state index contributed by atoms with van der Waals surface area (Å²) in [6.07, 6.45) is 2.22. The summed E-state index contributed by atoms with van der Waals surface area (Å²) in [5, 5.41) is 2.75. The highest BCUT2D eigenvalue weighted by molar-refractivity contribution is 8.00. The maximum absolute atomic E-state index is 12.2. The first-order valence-corrected chi connectivity index (χ1v) is 9.80. The third-order valence-electron chi connectivity index (χ3n) is 3.87. The summed E-state index contributed by atoms with van der Waals surface area (Å²) in [7, 11) is 1.64. The Morgan fingerprint density at radius 1 is 1.08 bits per heavy atom. The SMILES string of the molecule is CCCc1ccc(OCCNC(=O)[C@@H](C)Sc2ccc(OC)cc2)cc1. The lowest BCUT2D eigenvalue weighted by molar-refractivity contribution is -0.120. The van der Waals surface area contributed by atoms with Gasteiger partial charge in [-0.1, -0.05) is 25.5 Å². The molecule has 1 amide bonds. The van der Waals surface area contributed by atoms with Crippen molar-refractivity contribution < 1.29 is 14.3 Å². The van der Waals surface area contributed by atoms with Gasteiger partial charge in [-0.05, 0) is 55.3 Å². The Hall–Kier alpha value is -2.14. The zero-order valence-corrected chi connectivity index (χ0v) is 16.5. The Morgan fingerprint density at radius 2 is 1.73 bits per heavy atom. The van der Waals surface area contributed by atoms with Crippen LogP contribution in [0.5, 0.6) is 11.5 Å². The molecule has 0 saturated heterocycles. The largest absolute Gasteiger partial charge is 0.497 e. The number of carbonyl (C=O) groups excluding carboxylic acids is 1. The Labute approximate surface area is 160 Å². The number of carbonyl (C=O) groups is 1. The van der Waals surface area contributed by atoms with Gasteiger partial charge < -0.3 is 14.8 Å². The van der Waals surface area contributed by atoms with E-state index >= 15 is 0 Å². The van der Waals surface area contributed by atoms with Crippen molar-refractivity contribution in [3.63, 3.8) is 0 Å². The van der Waals surface area contributed by atoms with Crippen LogP contribution in [-0.4, -0.2) is 31.4 Å². The molecule has 0 aromatic heterocycles. The monoisotopic (exact) mass is 373 g/mol. The molecule has 0 aliphatic heterocycles. The van der Waals surface area contributed by atoms with Crippen LogP contribution in [0.4, 0.5) is 0 Å². The zero-order chi connectivity index (χ0) is 18.8. The van der Waals surface area contributed by atoms with Crippen LogP contribution in [0.25, 0.3) is 0 Å². The molecule has 0 aliphatic rings. The van der Waals surface area contributed by atoms with Gasteiger partial charge >= 0.3 is 0 Å². The number of hydrogen-bond donors (Lipinski definition) is 1. The number of amides is 1. The average Bonchev–Trinajstić information content (AvgIpc) is 2.67. The maximum atomic E-state index is 12.2. The molecule has 0 spiro atoms. The van der Waals surface area contributed by atoms with Crippen molar-refractivity contribution in [1.82, 2.24) is 5.32 Å². The molecule has 4 nitrogen and oxygen atoms in total. The topological polar surface area (TPSA) is 47.6 Å². The standard InChI is InChI=1S/C21H27NO3S/c1-4-5-17-6-8-19(9-7-17)25-15-14-22-21(23)16(2)26-20-12-10-18(24-3)11-13-20/h6-13,16H,4-5,14-15H2,1-3H3,(H,22,23)/t16-/m1/s1. The van der Waals surface area contributed by atoms with E-state index in [9.17, 15) is 4.79 Å². The summed E-state index contributed by atoms with van der Waals surface area (Å²) < 4.78 is 10.8. The van der Waals surface area contributed by atoms with E-state index in [1.807, 2.05) is 43.3 Å². The predicted molar refractivity (Wildman–Crippen MR) is 107 cm³/mol. The van der Waals surface area contributed by atoms with Gasteiger partial charge in [-0.15, -0.1) is 11.8 Å². The molecular formula is C21H27NO3S. The van der Waals surface area contributed by atoms with E-state index in [1.54, 1.807) is 7.11 Å². The first kappa shape index (κ1) is 20.2. The minimum Gasteiger partial charge on any atom is -0.497 e. The van der Waals surface area contributed by atoms with E-state index in [-0.39, 0.29) is 11.2 Å². The smallest absolute Gasteiger partial charge is 0.233 e. The maximum Gasteiger partial charge on any atom is 0.233 e. The molecule has 0 aliphatic carbocycles. The first-order valence-electron chi connectivity index (χ1n) is 8.92. The third-order valence-corrected chi connectivity index (χ3v) is 4.99. The normalized spacial score (nSPS) is 11.7. The quantitative estimate of drug-likeness (QED) is 0.498. The number of methoxy groups -OCH3 is 1. The van der Waals surface area contributed by atoms with Gasteiger partial charge in [0.2, 0.25) is 5.91 Å². The molecule has 2 aromatic carbocycles. The fourth-order valence-corrected chi connectivity index (χ4v) is 3.33. The average molecular weight is 374 g/mol. The molecule has 26 heavy (non-hydrogen) atoms. The van der Waals surface area contributed by atoms with Crippen LogP contribution in [0.3, 0.4) is 0 Å². The van der Waals surface area contributed by atoms with E-state index in [0.29, 0.717) is 13.2 Å². The van der Waals surface area contributed by atoms with E-state index in [1.165, 1.54) is 17.3 Å². The number of ether oxygens (including phenoxy) is 2. The van der Waals surface area contributed by atoms with E-state index < -0.39 is 0 Å². The Kier molecular flexibility index (Phi) is 8.35. The molecule has 0 saturated carbocycles. The van der Waals surface area contributed by atoms with Crippen molar-refractivity contribution in [1.29, 1.82) is 0 Å². The lowest BCUT2D eigenvalue weighted by Gasteiger charge is -2.13. The molecule has 0 heterocycles. The number of hydrogen-bond acceptors (Lipinski definition) is 4. The zero-order valence-electron chi connectivity index (χ0n) is 15.7. The van der Waals surface area contributed by atoms with Crippen LogP contribution in [0.15, 0.2) is 53.4 Å². The molecule has 2 rings (SSSR count). The molecule has 0 radical (unpaired) electrons. The van der Waals surface area contributed by atoms with Crippen LogP contribution in [0.2, 0.25) is 0 Å². The van der Waals surface area contributed by atoms with Crippen molar-refractivity contribution in [2.75, 3.05) is 20.3 Å². The molecule has 0 unspecified atom stereocenters. The molecule has 0 fully saturated rings. The van der Waals surface area contributed by atoms with Crippen LogP contribution in [0, 0.1) is 0 Å². The lowest BCUT2D eigenvalue weighted by Crippen LogP contribution is -2.33. The summed E-state index contributed by atoms with van der Waals surface area (Å²) in [5.74, 6) is 1.65. The van der Waals surface area contributed by atoms with Gasteiger partial charge in [0.25, 0.3) is 0 Å². The van der Waals surface area contributed by atoms with Crippen LogP contribution >= 0.6 is 11.8 Å². The fourth-order valence-electron chi connectivity index (χ4n) is 2.44. The highest BCUT2D eigenvalue weighted by Crippen LogP contribution is 2.25. The molecule has 140 valence electrons. The van der Waals surface area contributed by atoms with Crippen LogP contribution in [-0.2, 0) is 11.2 Å². The minimum atomic E-state index is -0.170. The van der Waals surface area contributed by atoms with Gasteiger partial charge in [-0.2, -0.15) is 0 Å². The summed E-state index contributed by atoms with van der Waals surface area (Å²) in [6.45, 7) is 5.01. The number of aryl methyl sites for hydroxylation is 1. The van der Waals surface area contributed by atoms with E-state index in [2.05, 4.69) is 24.4 Å². The predicted octanol–water partition coefficient (Wildman–Crippen LogP) is 4.32. The van der Waals surface area contributed by atoms with Gasteiger partial charge in [0.15, 0.2) is 0 Å². The van der Waals surface area contributed by atoms with Crippen LogP contribution in [0.1, 0.15) is 25.8 Å². The van der Waals surface area contributed by atoms with Gasteiger partial charge in [0.05, 0.1) is 18.9 Å². The van der Waals surface area contributed by atoms with Crippen molar-refractivity contribution in [3.05, 3.63) is 54.1 Å². The second-order valence-electron chi connectivity index (χ2n) is 5.97. The highest BCUT2D eigenvalue weighted by Gasteiger charge is 2.13. The summed E-state index contributed by atoms with van der Waals surface area (Å²) >= 11 is 1.52. The summed E-state index contributed by atoms with van der Waals surface area (Å²) in [4.78, 5) is 13.2. The minimum absolute atomic E-state index is 0.00714. The Morgan fingerprint density at radius 3 is 2.35 bits per heavy atom. The molecule has 2 aromatic rings. The Bertz CT molecular complexity index is 671. The van der Waals surface area contributed by atoms with Crippen molar-refractivity contribution in [2.45, 2.75) is 36.8 Å². The first-order chi connectivity index (χ1) is 12.6. The summed E-state index contributed by atoms with van der Waals surface area (Å²) in [6, 6.07) is 15.8. The number of nitrogens with one attached hydrogen (secondary N) is 1. The Balaban J connectivity index is 1.68. The molecule has 0 bridgehead atoms. The number of benzene rings is 2. The second kappa shape index (κ2) is 10.8. The van der Waals surface area contributed by atoms with Gasteiger partial charge in [-0.25, -0.2) is 0 Å². The highest BCUT2D eigenvalue weighted by atomic mass is 32.2. The van der Waals surface area contributed by atoms with Crippen molar-refractivity contribution >= 4 is 17.7 Å². The number of thioether (sulfide) groups is 1. The van der Waals surface area contributed by atoms with Gasteiger partial charge in [0, 0.05) is 4.90 Å². The van der Waals surface area contributed by atoms with E-state index in [4.69, 9.17) is 9.47 Å². The third kappa shape index (κ3) is 6.64. The lowest BCUT2D eigenvalue weighted by atomic mass is 10.1. The molecule has 5 heteroatoms. The fraction of sp³-hybridized carbons (Fsp3) is 0.381. The van der Waals surface area contributed by atoms with E-state index in [0.717, 1.165) is 29.2 Å². The number of rotatable bonds is 10. The van der Waals surface area contributed by atoms with Crippen LogP contribution < -0.4 is 14.8 Å².